The maximum atomic E-state index is 4.50. The van der Waals surface area contributed by atoms with Gasteiger partial charge in [-0.2, -0.15) is 0 Å². The Balaban J connectivity index is -0.000000000500. The van der Waals surface area contributed by atoms with E-state index in [-0.39, 0.29) is 139 Å². The second-order valence-corrected chi connectivity index (χ2v) is 0. The van der Waals surface area contributed by atoms with Crippen LogP contribution in [0, 0.1) is 0 Å². The first-order valence-corrected chi connectivity index (χ1v) is 0.577. The zero-order valence-corrected chi connectivity index (χ0v) is 19.9. The Kier molecular flexibility index (Phi) is 189. The molecule has 0 amide bonds. The van der Waals surface area contributed by atoms with E-state index >= 15 is 0 Å². The monoisotopic (exact) mass is 583 g/mol. The van der Waals surface area contributed by atoms with E-state index in [1.165, 1.54) is 7.05 Å². The van der Waals surface area contributed by atoms with E-state index in [4.69, 9.17) is 0 Å². The SMILES string of the molecule is Br.CN.I.[Cs+].[H-].[PbH2]. The van der Waals surface area contributed by atoms with Crippen LogP contribution in [0.4, 0.5) is 0 Å². The van der Waals surface area contributed by atoms with Crippen LogP contribution in [0.5, 0.6) is 0 Å². The average molecular weight is 583 g/mol. The molecule has 0 aromatic carbocycles. The van der Waals surface area contributed by atoms with Crippen LogP contribution in [-0.2, 0) is 0 Å². The first kappa shape index (κ1) is 32.1. The molecule has 0 aromatic rings. The molecule has 6 heavy (non-hydrogen) atoms. The summed E-state index contributed by atoms with van der Waals surface area (Å²) >= 11 is 0. The van der Waals surface area contributed by atoms with Crippen molar-refractivity contribution in [2.24, 2.45) is 5.73 Å². The van der Waals surface area contributed by atoms with Gasteiger partial charge in [0.1, 0.15) is 0 Å². The molecule has 2 N–H and O–H groups in total. The molecule has 0 aliphatic heterocycles. The van der Waals surface area contributed by atoms with Gasteiger partial charge in [0.2, 0.25) is 0 Å². The fourth-order valence-corrected chi connectivity index (χ4v) is 0. The Morgan fingerprint density at radius 3 is 1.33 bits per heavy atom. The van der Waals surface area contributed by atoms with Gasteiger partial charge in [-0.1, -0.05) is 0 Å². The van der Waals surface area contributed by atoms with Crippen molar-refractivity contribution in [2.45, 2.75) is 0 Å². The molecule has 2 radical (unpaired) electrons. The molecule has 0 heterocycles. The minimum atomic E-state index is 0. The van der Waals surface area contributed by atoms with Gasteiger partial charge < -0.3 is 7.16 Å². The first-order chi connectivity index (χ1) is 1.00. The quantitative estimate of drug-likeness (QED) is 0.239. The third-order valence-electron chi connectivity index (χ3n) is 0. The summed E-state index contributed by atoms with van der Waals surface area (Å²) in [4.78, 5) is 0. The van der Waals surface area contributed by atoms with Crippen LogP contribution in [0.3, 0.4) is 0 Å². The molecule has 0 spiro atoms. The van der Waals surface area contributed by atoms with E-state index < -0.39 is 0 Å². The van der Waals surface area contributed by atoms with E-state index in [9.17, 15) is 0 Å². The Labute approximate surface area is 147 Å². The standard InChI is InChI=1S/CH5N.BrH.Cs.HI.Pb.3H/c1-2;;;;;;;/h2H2,1H3;1H;;1H;;;;/q;;+1;;;;;-1. The van der Waals surface area contributed by atoms with Gasteiger partial charge in [0.05, 0.1) is 0 Å². The van der Waals surface area contributed by atoms with Crippen molar-refractivity contribution in [3.05, 3.63) is 0 Å². The van der Waals surface area contributed by atoms with E-state index in [0.717, 1.165) is 0 Å². The summed E-state index contributed by atoms with van der Waals surface area (Å²) in [6, 6.07) is 0. The molecule has 0 aliphatic carbocycles. The second kappa shape index (κ2) is 35.3. The van der Waals surface area contributed by atoms with Crippen molar-refractivity contribution < 1.29 is 70.3 Å². The van der Waals surface area contributed by atoms with Crippen LogP contribution in [0.15, 0.2) is 0 Å². The summed E-state index contributed by atoms with van der Waals surface area (Å²) in [5, 5.41) is 0. The predicted molar refractivity (Wildman–Crippen MR) is 45.5 cm³/mol. The Hall–Kier alpha value is 4.14. The van der Waals surface area contributed by atoms with Crippen molar-refractivity contribution in [1.82, 2.24) is 0 Å². The van der Waals surface area contributed by atoms with E-state index in [2.05, 4.69) is 5.73 Å². The van der Waals surface area contributed by atoms with Crippen molar-refractivity contribution in [2.75, 3.05) is 7.05 Å². The Morgan fingerprint density at radius 1 is 1.33 bits per heavy atom. The first-order valence-electron chi connectivity index (χ1n) is 0.577. The predicted octanol–water partition coefficient (Wildman–Crippen LogP) is -3.03. The molecular weight excluding hydrogens is 573 g/mol. The van der Waals surface area contributed by atoms with Gasteiger partial charge in [0, 0.05) is 0 Å². The molecule has 0 unspecified atom stereocenters. The molecule has 5 heteroatoms. The van der Waals surface area contributed by atoms with Crippen molar-refractivity contribution in [1.29, 1.82) is 0 Å². The van der Waals surface area contributed by atoms with Gasteiger partial charge >= 0.3 is 96.2 Å². The van der Waals surface area contributed by atoms with Crippen LogP contribution in [0.1, 0.15) is 1.43 Å². The van der Waals surface area contributed by atoms with Crippen molar-refractivity contribution >= 4 is 68.3 Å². The molecule has 0 saturated heterocycles. The van der Waals surface area contributed by atoms with Crippen LogP contribution in [0.2, 0.25) is 0 Å². The molecule has 0 bridgehead atoms. The normalized spacial score (nSPS) is 1.00. The van der Waals surface area contributed by atoms with Crippen LogP contribution in [0.25, 0.3) is 0 Å². The second-order valence-electron chi connectivity index (χ2n) is 0. The van der Waals surface area contributed by atoms with Gasteiger partial charge in [-0.3, -0.25) is 0 Å². The van der Waals surface area contributed by atoms with Gasteiger partial charge in [0.25, 0.3) is 0 Å². The molecule has 38 valence electrons. The van der Waals surface area contributed by atoms with Gasteiger partial charge in [0.15, 0.2) is 0 Å². The molecule has 0 aliphatic rings. The third-order valence-corrected chi connectivity index (χ3v) is 0. The number of nitrogens with two attached hydrogens (primary N) is 1. The Bertz CT molecular complexity index is 19.7. The van der Waals surface area contributed by atoms with Crippen molar-refractivity contribution in [3.63, 3.8) is 0 Å². The summed E-state index contributed by atoms with van der Waals surface area (Å²) in [6.07, 6.45) is 0. The summed E-state index contributed by atoms with van der Waals surface area (Å²) in [5.41, 5.74) is 4.50. The van der Waals surface area contributed by atoms with Gasteiger partial charge in [-0.05, 0) is 7.05 Å². The van der Waals surface area contributed by atoms with E-state index in [0.29, 0.717) is 0 Å². The fraction of sp³-hybridized carbons (Fsp3) is 1.00. The number of hydrogen-bond donors (Lipinski definition) is 1. The molecule has 0 rings (SSSR count). The zero-order chi connectivity index (χ0) is 2.00. The van der Waals surface area contributed by atoms with E-state index in [1.807, 2.05) is 0 Å². The minimum absolute atomic E-state index is 0. The molecule has 0 atom stereocenters. The number of halogens is 2. The summed E-state index contributed by atoms with van der Waals surface area (Å²) < 4.78 is 0. The molecule has 0 saturated carbocycles. The summed E-state index contributed by atoms with van der Waals surface area (Å²) in [6.45, 7) is 0. The molecule has 0 aromatic heterocycles. The zero-order valence-electron chi connectivity index (χ0n) is 5.10. The fourth-order valence-electron chi connectivity index (χ4n) is 0. The van der Waals surface area contributed by atoms with Crippen LogP contribution < -0.4 is 74.6 Å². The van der Waals surface area contributed by atoms with Crippen molar-refractivity contribution in [3.8, 4) is 0 Å². The molecular formula is CH10BrCsINPb. The summed E-state index contributed by atoms with van der Waals surface area (Å²) in [5.74, 6) is 0. The van der Waals surface area contributed by atoms with Crippen LogP contribution in [-0.4, -0.2) is 34.3 Å². The maximum absolute atomic E-state index is 4.50. The van der Waals surface area contributed by atoms with Gasteiger partial charge in [-0.25, -0.2) is 0 Å². The van der Waals surface area contributed by atoms with Gasteiger partial charge in [-0.15, -0.1) is 41.0 Å². The Morgan fingerprint density at radius 2 is 1.33 bits per heavy atom. The summed E-state index contributed by atoms with van der Waals surface area (Å²) in [7, 11) is 1.50. The average Bonchev–Trinajstić information content (AvgIpc) is 1.00. The molecule has 1 nitrogen and oxygen atoms in total. The third kappa shape index (κ3) is 24.2. The van der Waals surface area contributed by atoms with Crippen LogP contribution >= 0.6 is 41.0 Å². The number of hydrogen-bond acceptors (Lipinski definition) is 1. The van der Waals surface area contributed by atoms with E-state index in [1.54, 1.807) is 0 Å². The number of rotatable bonds is 0. The topological polar surface area (TPSA) is 26.0 Å². The molecule has 0 fully saturated rings.